The van der Waals surface area contributed by atoms with E-state index in [4.69, 9.17) is 9.47 Å². The van der Waals surface area contributed by atoms with Crippen molar-refractivity contribution in [2.75, 3.05) is 33.3 Å². The SMILES string of the molecule is COc1ccc(S(=O)(=O)NCCN2CC(C)OC(C)C2)cc1F. The van der Waals surface area contributed by atoms with Crippen molar-refractivity contribution in [3.05, 3.63) is 24.0 Å². The Balaban J connectivity index is 1.92. The Labute approximate surface area is 136 Å². The number of morpholine rings is 1. The van der Waals surface area contributed by atoms with Gasteiger partial charge in [0.05, 0.1) is 24.2 Å². The summed E-state index contributed by atoms with van der Waals surface area (Å²) in [7, 11) is -2.41. The summed E-state index contributed by atoms with van der Waals surface area (Å²) >= 11 is 0. The minimum atomic E-state index is -3.74. The number of benzene rings is 1. The largest absolute Gasteiger partial charge is 0.494 e. The molecule has 1 aliphatic rings. The van der Waals surface area contributed by atoms with Crippen LogP contribution in [0, 0.1) is 5.82 Å². The van der Waals surface area contributed by atoms with Gasteiger partial charge in [-0.1, -0.05) is 0 Å². The van der Waals surface area contributed by atoms with Crippen LogP contribution in [0.4, 0.5) is 4.39 Å². The predicted molar refractivity (Wildman–Crippen MR) is 84.6 cm³/mol. The van der Waals surface area contributed by atoms with Crippen molar-refractivity contribution < 1.29 is 22.3 Å². The third-order valence-corrected chi connectivity index (χ3v) is 5.11. The molecular weight excluding hydrogens is 323 g/mol. The molecule has 0 aromatic heterocycles. The Morgan fingerprint density at radius 1 is 1.35 bits per heavy atom. The van der Waals surface area contributed by atoms with Crippen LogP contribution in [0.3, 0.4) is 0 Å². The predicted octanol–water partition coefficient (Wildman–Crippen LogP) is 1.22. The van der Waals surface area contributed by atoms with E-state index in [1.807, 2.05) is 13.8 Å². The van der Waals surface area contributed by atoms with Crippen LogP contribution >= 0.6 is 0 Å². The normalized spacial score (nSPS) is 23.0. The molecule has 1 aromatic carbocycles. The minimum Gasteiger partial charge on any atom is -0.494 e. The van der Waals surface area contributed by atoms with Gasteiger partial charge < -0.3 is 9.47 Å². The molecule has 0 saturated carbocycles. The second-order valence-corrected chi connectivity index (χ2v) is 7.48. The molecular formula is C15H23FN2O4S. The number of nitrogens with zero attached hydrogens (tertiary/aromatic N) is 1. The molecule has 2 rings (SSSR count). The first-order valence-electron chi connectivity index (χ1n) is 7.53. The van der Waals surface area contributed by atoms with Crippen LogP contribution in [-0.4, -0.2) is 58.8 Å². The highest BCUT2D eigenvalue weighted by atomic mass is 32.2. The van der Waals surface area contributed by atoms with Crippen LogP contribution < -0.4 is 9.46 Å². The van der Waals surface area contributed by atoms with E-state index in [1.54, 1.807) is 0 Å². The summed E-state index contributed by atoms with van der Waals surface area (Å²) in [5, 5.41) is 0. The number of sulfonamides is 1. The molecule has 0 bridgehead atoms. The summed E-state index contributed by atoms with van der Waals surface area (Å²) in [6.45, 7) is 6.36. The van der Waals surface area contributed by atoms with Crippen molar-refractivity contribution in [2.45, 2.75) is 31.0 Å². The molecule has 0 amide bonds. The van der Waals surface area contributed by atoms with E-state index in [1.165, 1.54) is 19.2 Å². The van der Waals surface area contributed by atoms with Crippen molar-refractivity contribution in [2.24, 2.45) is 0 Å². The Morgan fingerprint density at radius 3 is 2.57 bits per heavy atom. The lowest BCUT2D eigenvalue weighted by molar-refractivity contribution is -0.0671. The van der Waals surface area contributed by atoms with Crippen LogP contribution in [0.25, 0.3) is 0 Å². The van der Waals surface area contributed by atoms with Crippen LogP contribution in [0.1, 0.15) is 13.8 Å². The van der Waals surface area contributed by atoms with Crippen LogP contribution in [0.5, 0.6) is 5.75 Å². The second kappa shape index (κ2) is 7.57. The molecule has 1 saturated heterocycles. The highest BCUT2D eigenvalue weighted by Crippen LogP contribution is 2.20. The van der Waals surface area contributed by atoms with Crippen molar-refractivity contribution in [3.8, 4) is 5.75 Å². The van der Waals surface area contributed by atoms with E-state index < -0.39 is 15.8 Å². The maximum absolute atomic E-state index is 13.6. The summed E-state index contributed by atoms with van der Waals surface area (Å²) in [6.07, 6.45) is 0.261. The molecule has 8 heteroatoms. The molecule has 0 spiro atoms. The molecule has 0 radical (unpaired) electrons. The molecule has 1 fully saturated rings. The van der Waals surface area contributed by atoms with Gasteiger partial charge in [-0.15, -0.1) is 0 Å². The van der Waals surface area contributed by atoms with Crippen molar-refractivity contribution in [3.63, 3.8) is 0 Å². The summed E-state index contributed by atoms with van der Waals surface area (Å²) in [5.74, 6) is -0.688. The maximum atomic E-state index is 13.6. The van der Waals surface area contributed by atoms with E-state index in [2.05, 4.69) is 9.62 Å². The van der Waals surface area contributed by atoms with Gasteiger partial charge in [0.2, 0.25) is 10.0 Å². The first-order valence-corrected chi connectivity index (χ1v) is 9.01. The lowest BCUT2D eigenvalue weighted by atomic mass is 10.2. The minimum absolute atomic E-state index is 0.0141. The summed E-state index contributed by atoms with van der Waals surface area (Å²) in [6, 6.07) is 3.58. The number of hydrogen-bond acceptors (Lipinski definition) is 5. The van der Waals surface area contributed by atoms with E-state index >= 15 is 0 Å². The van der Waals surface area contributed by atoms with Gasteiger partial charge in [0.15, 0.2) is 11.6 Å². The highest BCUT2D eigenvalue weighted by Gasteiger charge is 2.22. The Kier molecular flexibility index (Phi) is 5.96. The monoisotopic (exact) mass is 346 g/mol. The summed E-state index contributed by atoms with van der Waals surface area (Å²) < 4.78 is 50.9. The quantitative estimate of drug-likeness (QED) is 0.839. The van der Waals surface area contributed by atoms with Crippen LogP contribution in [0.2, 0.25) is 0 Å². The van der Waals surface area contributed by atoms with E-state index in [0.717, 1.165) is 19.2 Å². The standard InChI is InChI=1S/C15H23FN2O4S/c1-11-9-18(10-12(2)22-11)7-6-17-23(19,20)13-4-5-15(21-3)14(16)8-13/h4-5,8,11-12,17H,6-7,9-10H2,1-3H3. The number of ether oxygens (including phenoxy) is 2. The molecule has 2 atom stereocenters. The van der Waals surface area contributed by atoms with E-state index in [-0.39, 0.29) is 29.4 Å². The molecule has 1 aliphatic heterocycles. The van der Waals surface area contributed by atoms with Gasteiger partial charge in [-0.05, 0) is 32.0 Å². The fourth-order valence-electron chi connectivity index (χ4n) is 2.70. The first kappa shape index (κ1) is 18.1. The Hall–Kier alpha value is -1.22. The van der Waals surface area contributed by atoms with Crippen molar-refractivity contribution in [1.29, 1.82) is 0 Å². The van der Waals surface area contributed by atoms with E-state index in [9.17, 15) is 12.8 Å². The van der Waals surface area contributed by atoms with Gasteiger partial charge in [0.1, 0.15) is 0 Å². The van der Waals surface area contributed by atoms with Gasteiger partial charge in [-0.3, -0.25) is 4.90 Å². The number of hydrogen-bond donors (Lipinski definition) is 1. The van der Waals surface area contributed by atoms with Gasteiger partial charge in [0.25, 0.3) is 0 Å². The molecule has 2 unspecified atom stereocenters. The lowest BCUT2D eigenvalue weighted by Gasteiger charge is -2.35. The van der Waals surface area contributed by atoms with Gasteiger partial charge in [-0.25, -0.2) is 17.5 Å². The number of rotatable bonds is 6. The molecule has 1 N–H and O–H groups in total. The topological polar surface area (TPSA) is 67.9 Å². The average Bonchev–Trinajstić information content (AvgIpc) is 2.46. The summed E-state index contributed by atoms with van der Waals surface area (Å²) in [5.41, 5.74) is 0. The smallest absolute Gasteiger partial charge is 0.240 e. The van der Waals surface area contributed by atoms with Gasteiger partial charge >= 0.3 is 0 Å². The number of methoxy groups -OCH3 is 1. The zero-order chi connectivity index (χ0) is 17.0. The van der Waals surface area contributed by atoms with E-state index in [0.29, 0.717) is 6.54 Å². The fraction of sp³-hybridized carbons (Fsp3) is 0.600. The fourth-order valence-corrected chi connectivity index (χ4v) is 3.74. The first-order chi connectivity index (χ1) is 10.8. The molecule has 1 aromatic rings. The average molecular weight is 346 g/mol. The zero-order valence-corrected chi connectivity index (χ0v) is 14.4. The lowest BCUT2D eigenvalue weighted by Crippen LogP contribution is -2.47. The number of halogens is 1. The van der Waals surface area contributed by atoms with Gasteiger partial charge in [-0.2, -0.15) is 0 Å². The molecule has 1 heterocycles. The molecule has 0 aliphatic carbocycles. The summed E-state index contributed by atoms with van der Waals surface area (Å²) in [4.78, 5) is 2.04. The third kappa shape index (κ3) is 4.87. The highest BCUT2D eigenvalue weighted by molar-refractivity contribution is 7.89. The van der Waals surface area contributed by atoms with Crippen LogP contribution in [-0.2, 0) is 14.8 Å². The third-order valence-electron chi connectivity index (χ3n) is 3.65. The Bertz CT molecular complexity index is 628. The molecule has 23 heavy (non-hydrogen) atoms. The Morgan fingerprint density at radius 2 is 2.00 bits per heavy atom. The van der Waals surface area contributed by atoms with Crippen LogP contribution in [0.15, 0.2) is 23.1 Å². The maximum Gasteiger partial charge on any atom is 0.240 e. The second-order valence-electron chi connectivity index (χ2n) is 5.71. The zero-order valence-electron chi connectivity index (χ0n) is 13.6. The van der Waals surface area contributed by atoms with Crippen molar-refractivity contribution >= 4 is 10.0 Å². The van der Waals surface area contributed by atoms with Crippen molar-refractivity contribution in [1.82, 2.24) is 9.62 Å². The molecule has 6 nitrogen and oxygen atoms in total. The van der Waals surface area contributed by atoms with Gasteiger partial charge in [0, 0.05) is 26.2 Å². The molecule has 130 valence electrons. The number of nitrogens with one attached hydrogen (secondary N) is 1.